The Morgan fingerprint density at radius 1 is 1.14 bits per heavy atom. The van der Waals surface area contributed by atoms with Gasteiger partial charge >= 0.3 is 5.97 Å². The Bertz CT molecular complexity index is 1230. The molecule has 1 saturated heterocycles. The number of rotatable bonds is 11. The first kappa shape index (κ1) is 26.7. The van der Waals surface area contributed by atoms with Crippen molar-refractivity contribution in [3.63, 3.8) is 0 Å². The average molecular weight is 528 g/mol. The minimum Gasteiger partial charge on any atom is -0.466 e. The van der Waals surface area contributed by atoms with Crippen molar-refractivity contribution in [2.75, 3.05) is 37.8 Å². The maximum absolute atomic E-state index is 13.2. The molecule has 196 valence electrons. The van der Waals surface area contributed by atoms with Crippen molar-refractivity contribution in [2.45, 2.75) is 43.6 Å². The van der Waals surface area contributed by atoms with E-state index in [0.717, 1.165) is 24.2 Å². The van der Waals surface area contributed by atoms with Gasteiger partial charge in [0.25, 0.3) is 5.56 Å². The summed E-state index contributed by atoms with van der Waals surface area (Å²) >= 11 is 1.39. The fourth-order valence-corrected chi connectivity index (χ4v) is 4.80. The molecule has 1 aliphatic rings. The van der Waals surface area contributed by atoms with Gasteiger partial charge in [-0.1, -0.05) is 23.9 Å². The molecule has 3 aromatic rings. The number of morpholine rings is 1. The van der Waals surface area contributed by atoms with Crippen LogP contribution in [0.4, 0.5) is 10.3 Å². The highest BCUT2D eigenvalue weighted by atomic mass is 32.2. The zero-order chi connectivity index (χ0) is 26.0. The summed E-state index contributed by atoms with van der Waals surface area (Å²) in [7, 11) is 0. The fraction of sp³-hybridized carbons (Fsp3) is 0.423. The number of benzene rings is 1. The fourth-order valence-electron chi connectivity index (χ4n) is 3.86. The first-order valence-electron chi connectivity index (χ1n) is 12.3. The van der Waals surface area contributed by atoms with E-state index in [9.17, 15) is 14.0 Å². The molecule has 1 aromatic carbocycles. The lowest BCUT2D eigenvalue weighted by Crippen LogP contribution is -2.37. The number of hydrogen-bond acceptors (Lipinski definition) is 9. The molecule has 4 rings (SSSR count). The van der Waals surface area contributed by atoms with Crippen molar-refractivity contribution in [3.05, 3.63) is 75.7 Å². The summed E-state index contributed by atoms with van der Waals surface area (Å²) in [6, 6.07) is 6.23. The summed E-state index contributed by atoms with van der Waals surface area (Å²) in [6.45, 7) is 5.41. The highest BCUT2D eigenvalue weighted by molar-refractivity contribution is 7.98. The Hall–Kier alpha value is -3.31. The van der Waals surface area contributed by atoms with Gasteiger partial charge in [0.05, 0.1) is 19.8 Å². The highest BCUT2D eigenvalue weighted by Crippen LogP contribution is 2.22. The molecule has 0 bridgehead atoms. The molecule has 2 aromatic heterocycles. The molecule has 0 spiro atoms. The van der Waals surface area contributed by atoms with E-state index in [2.05, 4.69) is 19.9 Å². The van der Waals surface area contributed by atoms with Gasteiger partial charge in [0.15, 0.2) is 5.16 Å². The normalized spacial score (nSPS) is 13.5. The van der Waals surface area contributed by atoms with E-state index in [4.69, 9.17) is 9.47 Å². The number of aryl methyl sites for hydroxylation is 1. The molecule has 0 atom stereocenters. The molecule has 0 saturated carbocycles. The van der Waals surface area contributed by atoms with E-state index >= 15 is 0 Å². The first-order valence-corrected chi connectivity index (χ1v) is 13.3. The van der Waals surface area contributed by atoms with Gasteiger partial charge in [0.2, 0.25) is 5.95 Å². The van der Waals surface area contributed by atoms with Gasteiger partial charge in [0.1, 0.15) is 5.82 Å². The molecule has 0 N–H and O–H groups in total. The van der Waals surface area contributed by atoms with Crippen LogP contribution in [-0.4, -0.2) is 58.4 Å². The molecular weight excluding hydrogens is 497 g/mol. The third kappa shape index (κ3) is 7.83. The lowest BCUT2D eigenvalue weighted by Gasteiger charge is -2.26. The minimum absolute atomic E-state index is 0.255. The van der Waals surface area contributed by atoms with Crippen molar-refractivity contribution in [3.8, 4) is 0 Å². The third-order valence-electron chi connectivity index (χ3n) is 5.78. The van der Waals surface area contributed by atoms with Crippen LogP contribution >= 0.6 is 11.8 Å². The third-order valence-corrected chi connectivity index (χ3v) is 6.84. The quantitative estimate of drug-likeness (QED) is 0.211. The van der Waals surface area contributed by atoms with Crippen LogP contribution in [0.2, 0.25) is 0 Å². The summed E-state index contributed by atoms with van der Waals surface area (Å²) in [5.74, 6) is 0.624. The second kappa shape index (κ2) is 13.3. The number of hydrogen-bond donors (Lipinski definition) is 0. The van der Waals surface area contributed by atoms with Crippen LogP contribution in [0, 0.1) is 5.82 Å². The SMILES string of the molecule is CCOC(=O)CCCn1cc(Cc2cnc(N3CCOCC3)nc2)c(=O)nc1SCc1ccc(F)cc1. The Labute approximate surface area is 219 Å². The lowest BCUT2D eigenvalue weighted by atomic mass is 10.1. The number of carbonyl (C=O) groups is 1. The predicted octanol–water partition coefficient (Wildman–Crippen LogP) is 3.24. The van der Waals surface area contributed by atoms with Crippen LogP contribution in [0.5, 0.6) is 0 Å². The number of nitrogens with zero attached hydrogens (tertiary/aromatic N) is 5. The zero-order valence-electron chi connectivity index (χ0n) is 20.8. The number of halogens is 1. The van der Waals surface area contributed by atoms with Gasteiger partial charge < -0.3 is 18.9 Å². The topological polar surface area (TPSA) is 99.4 Å². The Morgan fingerprint density at radius 2 is 1.86 bits per heavy atom. The molecule has 1 fully saturated rings. The summed E-state index contributed by atoms with van der Waals surface area (Å²) in [6.07, 6.45) is 6.43. The lowest BCUT2D eigenvalue weighted by molar-refractivity contribution is -0.143. The zero-order valence-corrected chi connectivity index (χ0v) is 21.6. The summed E-state index contributed by atoms with van der Waals surface area (Å²) in [5.41, 5.74) is 1.92. The van der Waals surface area contributed by atoms with Crippen LogP contribution in [0.15, 0.2) is 52.8 Å². The Balaban J connectivity index is 1.49. The van der Waals surface area contributed by atoms with Crippen molar-refractivity contribution >= 4 is 23.7 Å². The second-order valence-electron chi connectivity index (χ2n) is 8.54. The largest absolute Gasteiger partial charge is 0.466 e. The van der Waals surface area contributed by atoms with Crippen LogP contribution in [0.1, 0.15) is 36.5 Å². The molecular formula is C26H30FN5O4S. The Morgan fingerprint density at radius 3 is 2.57 bits per heavy atom. The van der Waals surface area contributed by atoms with Gasteiger partial charge in [-0.15, -0.1) is 0 Å². The summed E-state index contributed by atoms with van der Waals surface area (Å²) in [5, 5.41) is 0.542. The van der Waals surface area contributed by atoms with E-state index in [1.807, 2.05) is 4.57 Å². The van der Waals surface area contributed by atoms with E-state index in [0.29, 0.717) is 61.6 Å². The summed E-state index contributed by atoms with van der Waals surface area (Å²) < 4.78 is 25.5. The van der Waals surface area contributed by atoms with Gasteiger partial charge in [-0.25, -0.2) is 14.4 Å². The van der Waals surface area contributed by atoms with Crippen molar-refractivity contribution in [1.82, 2.24) is 19.5 Å². The van der Waals surface area contributed by atoms with Crippen LogP contribution in [0.3, 0.4) is 0 Å². The molecule has 1 aliphatic heterocycles. The molecule has 0 unspecified atom stereocenters. The van der Waals surface area contributed by atoms with E-state index in [1.54, 1.807) is 37.6 Å². The van der Waals surface area contributed by atoms with Gasteiger partial charge in [-0.2, -0.15) is 4.98 Å². The maximum atomic E-state index is 13.2. The van der Waals surface area contributed by atoms with Crippen molar-refractivity contribution in [2.24, 2.45) is 0 Å². The molecule has 0 radical (unpaired) electrons. The molecule has 37 heavy (non-hydrogen) atoms. The molecule has 0 aliphatic carbocycles. The maximum Gasteiger partial charge on any atom is 0.305 e. The first-order chi connectivity index (χ1) is 18.0. The Kier molecular flexibility index (Phi) is 9.61. The molecule has 9 nitrogen and oxygen atoms in total. The summed E-state index contributed by atoms with van der Waals surface area (Å²) in [4.78, 5) is 40.1. The van der Waals surface area contributed by atoms with Crippen LogP contribution in [-0.2, 0) is 33.0 Å². The number of anilines is 1. The smallest absolute Gasteiger partial charge is 0.305 e. The molecule has 3 heterocycles. The van der Waals surface area contributed by atoms with Crippen molar-refractivity contribution < 1.29 is 18.7 Å². The number of ether oxygens (including phenoxy) is 2. The molecule has 11 heteroatoms. The van der Waals surface area contributed by atoms with Crippen LogP contribution in [0.25, 0.3) is 0 Å². The molecule has 0 amide bonds. The number of carbonyl (C=O) groups excluding carboxylic acids is 1. The standard InChI is InChI=1S/C26H30FN5O4S/c1-2-36-23(33)4-3-9-32-17-21(14-20-15-28-25(29-16-20)31-10-12-35-13-11-31)24(34)30-26(32)37-18-19-5-7-22(27)8-6-19/h5-8,15-17H,2-4,9-14,18H2,1H3. The van der Waals surface area contributed by atoms with Gasteiger partial charge in [-0.3, -0.25) is 9.59 Å². The highest BCUT2D eigenvalue weighted by Gasteiger charge is 2.15. The van der Waals surface area contributed by atoms with E-state index in [-0.39, 0.29) is 23.8 Å². The number of aromatic nitrogens is 4. The predicted molar refractivity (Wildman–Crippen MR) is 138 cm³/mol. The average Bonchev–Trinajstić information content (AvgIpc) is 2.91. The number of thioether (sulfide) groups is 1. The van der Waals surface area contributed by atoms with Crippen molar-refractivity contribution in [1.29, 1.82) is 0 Å². The van der Waals surface area contributed by atoms with Gasteiger partial charge in [-0.05, 0) is 36.6 Å². The van der Waals surface area contributed by atoms with Gasteiger partial charge in [0, 0.05) is 62.4 Å². The van der Waals surface area contributed by atoms with Crippen LogP contribution < -0.4 is 10.5 Å². The van der Waals surface area contributed by atoms with E-state index < -0.39 is 0 Å². The number of esters is 1. The van der Waals surface area contributed by atoms with E-state index in [1.165, 1.54) is 23.9 Å². The minimum atomic E-state index is -0.319. The monoisotopic (exact) mass is 527 g/mol. The second-order valence-corrected chi connectivity index (χ2v) is 9.48.